The first-order valence-corrected chi connectivity index (χ1v) is 6.05. The van der Waals surface area contributed by atoms with Gasteiger partial charge in [0.05, 0.1) is 0 Å². The first kappa shape index (κ1) is 11.7. The zero-order valence-electron chi connectivity index (χ0n) is 9.98. The summed E-state index contributed by atoms with van der Waals surface area (Å²) in [6.45, 7) is 6.33. The van der Waals surface area contributed by atoms with Crippen LogP contribution in [0.3, 0.4) is 0 Å². The Kier molecular flexibility index (Phi) is 3.81. The van der Waals surface area contributed by atoms with Crippen molar-refractivity contribution in [1.29, 1.82) is 0 Å². The maximum absolute atomic E-state index is 11.7. The number of benzene rings is 1. The van der Waals surface area contributed by atoms with Crippen molar-refractivity contribution >= 4 is 11.6 Å². The number of hydrogen-bond donors (Lipinski definition) is 1. The molecule has 0 aliphatic carbocycles. The quantitative estimate of drug-likeness (QED) is 0.804. The van der Waals surface area contributed by atoms with E-state index in [0.717, 1.165) is 13.1 Å². The molecule has 3 nitrogen and oxygen atoms in total. The molecular formula is C14H18N2O. The zero-order chi connectivity index (χ0) is 12.1. The van der Waals surface area contributed by atoms with Crippen molar-refractivity contribution in [2.24, 2.45) is 0 Å². The van der Waals surface area contributed by atoms with Gasteiger partial charge < -0.3 is 10.2 Å². The smallest absolute Gasteiger partial charge is 0.251 e. The predicted octanol–water partition coefficient (Wildman–Crippen LogP) is 2.20. The average molecular weight is 230 g/mol. The van der Waals surface area contributed by atoms with E-state index in [2.05, 4.69) is 16.8 Å². The number of hydrogen-bond acceptors (Lipinski definition) is 2. The van der Waals surface area contributed by atoms with Gasteiger partial charge in [-0.2, -0.15) is 0 Å². The van der Waals surface area contributed by atoms with E-state index in [1.54, 1.807) is 6.08 Å². The Morgan fingerprint density at radius 1 is 1.29 bits per heavy atom. The SMILES string of the molecule is C=CCNC(=O)c1ccc(N2CCCC2)cc1. The first-order valence-electron chi connectivity index (χ1n) is 6.05. The summed E-state index contributed by atoms with van der Waals surface area (Å²) in [7, 11) is 0. The maximum atomic E-state index is 11.7. The molecule has 0 atom stereocenters. The maximum Gasteiger partial charge on any atom is 0.251 e. The van der Waals surface area contributed by atoms with Gasteiger partial charge in [-0.15, -0.1) is 6.58 Å². The lowest BCUT2D eigenvalue weighted by Crippen LogP contribution is -2.23. The molecule has 1 saturated heterocycles. The van der Waals surface area contributed by atoms with E-state index < -0.39 is 0 Å². The van der Waals surface area contributed by atoms with Crippen molar-refractivity contribution in [2.45, 2.75) is 12.8 Å². The molecule has 2 rings (SSSR count). The van der Waals surface area contributed by atoms with Crippen LogP contribution in [-0.2, 0) is 0 Å². The molecule has 1 aliphatic rings. The minimum absolute atomic E-state index is 0.0436. The molecule has 1 N–H and O–H groups in total. The Hall–Kier alpha value is -1.77. The standard InChI is InChI=1S/C14H18N2O/c1-2-9-15-14(17)12-5-7-13(8-6-12)16-10-3-4-11-16/h2,5-8H,1,3-4,9-11H2,(H,15,17). The summed E-state index contributed by atoms with van der Waals surface area (Å²) in [5.41, 5.74) is 1.91. The Morgan fingerprint density at radius 2 is 1.94 bits per heavy atom. The van der Waals surface area contributed by atoms with Crippen molar-refractivity contribution in [3.8, 4) is 0 Å². The van der Waals surface area contributed by atoms with Gasteiger partial charge in [-0.25, -0.2) is 0 Å². The fraction of sp³-hybridized carbons (Fsp3) is 0.357. The van der Waals surface area contributed by atoms with E-state index in [1.807, 2.05) is 24.3 Å². The molecule has 90 valence electrons. The minimum Gasteiger partial charge on any atom is -0.372 e. The van der Waals surface area contributed by atoms with Crippen molar-refractivity contribution in [1.82, 2.24) is 5.32 Å². The molecular weight excluding hydrogens is 212 g/mol. The third kappa shape index (κ3) is 2.87. The highest BCUT2D eigenvalue weighted by molar-refractivity contribution is 5.94. The summed E-state index contributed by atoms with van der Waals surface area (Å²) in [5.74, 6) is -0.0436. The molecule has 0 radical (unpaired) electrons. The monoisotopic (exact) mass is 230 g/mol. The second-order valence-electron chi connectivity index (χ2n) is 4.24. The third-order valence-corrected chi connectivity index (χ3v) is 3.01. The molecule has 1 aliphatic heterocycles. The third-order valence-electron chi connectivity index (χ3n) is 3.01. The number of carbonyl (C=O) groups is 1. The molecule has 1 heterocycles. The van der Waals surface area contributed by atoms with E-state index in [9.17, 15) is 4.79 Å². The largest absolute Gasteiger partial charge is 0.372 e. The molecule has 0 bridgehead atoms. The zero-order valence-corrected chi connectivity index (χ0v) is 9.98. The van der Waals surface area contributed by atoms with Crippen LogP contribution < -0.4 is 10.2 Å². The highest BCUT2D eigenvalue weighted by Gasteiger charge is 2.12. The summed E-state index contributed by atoms with van der Waals surface area (Å²) in [6.07, 6.45) is 4.21. The summed E-state index contributed by atoms with van der Waals surface area (Å²) >= 11 is 0. The summed E-state index contributed by atoms with van der Waals surface area (Å²) in [4.78, 5) is 14.0. The molecule has 0 unspecified atom stereocenters. The molecule has 3 heteroatoms. The Morgan fingerprint density at radius 3 is 2.53 bits per heavy atom. The van der Waals surface area contributed by atoms with E-state index in [-0.39, 0.29) is 5.91 Å². The molecule has 1 amide bonds. The van der Waals surface area contributed by atoms with Crippen LogP contribution in [0.15, 0.2) is 36.9 Å². The molecule has 1 aromatic rings. The van der Waals surface area contributed by atoms with Gasteiger partial charge in [-0.3, -0.25) is 4.79 Å². The molecule has 0 aromatic heterocycles. The lowest BCUT2D eigenvalue weighted by atomic mass is 10.2. The van der Waals surface area contributed by atoms with Crippen molar-refractivity contribution in [3.05, 3.63) is 42.5 Å². The topological polar surface area (TPSA) is 32.3 Å². The van der Waals surface area contributed by atoms with Crippen LogP contribution in [0.5, 0.6) is 0 Å². The number of rotatable bonds is 4. The van der Waals surface area contributed by atoms with Crippen LogP contribution in [0.2, 0.25) is 0 Å². The van der Waals surface area contributed by atoms with Crippen LogP contribution in [0.4, 0.5) is 5.69 Å². The van der Waals surface area contributed by atoms with Crippen LogP contribution in [0.25, 0.3) is 0 Å². The van der Waals surface area contributed by atoms with Gasteiger partial charge >= 0.3 is 0 Å². The average Bonchev–Trinajstić information content (AvgIpc) is 2.90. The minimum atomic E-state index is -0.0436. The fourth-order valence-corrected chi connectivity index (χ4v) is 2.07. The Bertz CT molecular complexity index is 391. The second kappa shape index (κ2) is 5.53. The second-order valence-corrected chi connectivity index (χ2v) is 4.24. The normalized spacial score (nSPS) is 14.7. The van der Waals surface area contributed by atoms with Gasteiger partial charge in [-0.05, 0) is 37.1 Å². The summed E-state index contributed by atoms with van der Waals surface area (Å²) in [5, 5.41) is 2.77. The van der Waals surface area contributed by atoms with Crippen LogP contribution in [-0.4, -0.2) is 25.5 Å². The first-order chi connectivity index (χ1) is 8.31. The number of amides is 1. The van der Waals surface area contributed by atoms with Gasteiger partial charge in [0, 0.05) is 30.9 Å². The van der Waals surface area contributed by atoms with Gasteiger partial charge in [0.15, 0.2) is 0 Å². The van der Waals surface area contributed by atoms with Crippen molar-refractivity contribution in [2.75, 3.05) is 24.5 Å². The fourth-order valence-electron chi connectivity index (χ4n) is 2.07. The lowest BCUT2D eigenvalue weighted by Gasteiger charge is -2.17. The molecule has 0 spiro atoms. The van der Waals surface area contributed by atoms with E-state index in [0.29, 0.717) is 12.1 Å². The van der Waals surface area contributed by atoms with E-state index in [4.69, 9.17) is 0 Å². The number of carbonyl (C=O) groups excluding carboxylic acids is 1. The van der Waals surface area contributed by atoms with Crippen molar-refractivity contribution < 1.29 is 4.79 Å². The van der Waals surface area contributed by atoms with Crippen LogP contribution >= 0.6 is 0 Å². The molecule has 0 saturated carbocycles. The van der Waals surface area contributed by atoms with E-state index in [1.165, 1.54) is 18.5 Å². The highest BCUT2D eigenvalue weighted by atomic mass is 16.1. The van der Waals surface area contributed by atoms with Gasteiger partial charge in [0.2, 0.25) is 0 Å². The van der Waals surface area contributed by atoms with Gasteiger partial charge in [-0.1, -0.05) is 6.08 Å². The van der Waals surface area contributed by atoms with Crippen LogP contribution in [0.1, 0.15) is 23.2 Å². The Labute approximate surface area is 102 Å². The summed E-state index contributed by atoms with van der Waals surface area (Å²) in [6, 6.07) is 7.81. The molecule has 1 fully saturated rings. The molecule has 1 aromatic carbocycles. The number of nitrogens with one attached hydrogen (secondary N) is 1. The summed E-state index contributed by atoms with van der Waals surface area (Å²) < 4.78 is 0. The molecule has 17 heavy (non-hydrogen) atoms. The Balaban J connectivity index is 2.01. The van der Waals surface area contributed by atoms with E-state index >= 15 is 0 Å². The predicted molar refractivity (Wildman–Crippen MR) is 70.4 cm³/mol. The van der Waals surface area contributed by atoms with Crippen molar-refractivity contribution in [3.63, 3.8) is 0 Å². The highest BCUT2D eigenvalue weighted by Crippen LogP contribution is 2.20. The van der Waals surface area contributed by atoms with Gasteiger partial charge in [0.25, 0.3) is 5.91 Å². The number of nitrogens with zero attached hydrogens (tertiary/aromatic N) is 1. The number of anilines is 1. The lowest BCUT2D eigenvalue weighted by molar-refractivity contribution is 0.0958. The van der Waals surface area contributed by atoms with Crippen LogP contribution in [0, 0.1) is 0 Å². The van der Waals surface area contributed by atoms with Gasteiger partial charge in [0.1, 0.15) is 0 Å².